The number of carbonyl (C=O) groups is 1. The lowest BCUT2D eigenvalue weighted by Gasteiger charge is -2.49. The summed E-state index contributed by atoms with van der Waals surface area (Å²) in [5, 5.41) is 0. The number of ether oxygens (including phenoxy) is 1. The van der Waals surface area contributed by atoms with Gasteiger partial charge >= 0.3 is 6.18 Å². The van der Waals surface area contributed by atoms with Gasteiger partial charge < -0.3 is 14.5 Å². The van der Waals surface area contributed by atoms with E-state index in [9.17, 15) is 18.0 Å². The first-order valence-corrected chi connectivity index (χ1v) is 11.0. The molecule has 32 heavy (non-hydrogen) atoms. The van der Waals surface area contributed by atoms with Crippen molar-refractivity contribution < 1.29 is 22.7 Å². The van der Waals surface area contributed by atoms with Gasteiger partial charge in [-0.15, -0.1) is 0 Å². The van der Waals surface area contributed by atoms with Crippen LogP contribution in [0.2, 0.25) is 0 Å². The molecule has 2 aliphatic heterocycles. The molecule has 2 fully saturated rings. The number of halogens is 3. The van der Waals surface area contributed by atoms with Crippen molar-refractivity contribution in [3.8, 4) is 0 Å². The fraction of sp³-hybridized carbons (Fsp3) is 0.500. The number of carbonyl (C=O) groups excluding carboxylic acids is 1. The van der Waals surface area contributed by atoms with Crippen LogP contribution < -0.4 is 0 Å². The Labute approximate surface area is 186 Å². The van der Waals surface area contributed by atoms with Crippen LogP contribution in [-0.2, 0) is 17.3 Å². The van der Waals surface area contributed by atoms with Crippen molar-refractivity contribution in [2.24, 2.45) is 0 Å². The van der Waals surface area contributed by atoms with E-state index in [-0.39, 0.29) is 17.6 Å². The van der Waals surface area contributed by atoms with E-state index in [0.29, 0.717) is 37.3 Å². The molecule has 4 rings (SSSR count). The van der Waals surface area contributed by atoms with Gasteiger partial charge in [0.25, 0.3) is 5.91 Å². The summed E-state index contributed by atoms with van der Waals surface area (Å²) in [7, 11) is 0. The third kappa shape index (κ3) is 5.30. The molecule has 1 unspecified atom stereocenters. The maximum atomic E-state index is 13.0. The van der Waals surface area contributed by atoms with Gasteiger partial charge in [0.05, 0.1) is 18.2 Å². The molecule has 1 spiro atoms. The summed E-state index contributed by atoms with van der Waals surface area (Å²) in [5.74, 6) is 0.0261. The van der Waals surface area contributed by atoms with Gasteiger partial charge in [-0.25, -0.2) is 4.98 Å². The Bertz CT molecular complexity index is 928. The topological polar surface area (TPSA) is 45.7 Å². The molecule has 1 amide bonds. The van der Waals surface area contributed by atoms with E-state index in [1.165, 1.54) is 6.07 Å². The third-order valence-electron chi connectivity index (χ3n) is 6.26. The van der Waals surface area contributed by atoms with E-state index in [0.717, 1.165) is 32.0 Å². The molecule has 8 heteroatoms. The largest absolute Gasteiger partial charge is 0.433 e. The predicted molar refractivity (Wildman–Crippen MR) is 114 cm³/mol. The number of aromatic nitrogens is 1. The lowest BCUT2D eigenvalue weighted by molar-refractivity contribution is -0.161. The zero-order chi connectivity index (χ0) is 22.8. The number of piperidine rings is 1. The van der Waals surface area contributed by atoms with Gasteiger partial charge in [-0.05, 0) is 44.0 Å². The minimum Gasteiger partial charge on any atom is -0.368 e. The number of hydrogen-bond donors (Lipinski definition) is 0. The van der Waals surface area contributed by atoms with Crippen LogP contribution in [0, 0.1) is 0 Å². The Morgan fingerprint density at radius 1 is 1.12 bits per heavy atom. The van der Waals surface area contributed by atoms with Crippen LogP contribution in [0.25, 0.3) is 0 Å². The smallest absolute Gasteiger partial charge is 0.368 e. The van der Waals surface area contributed by atoms with E-state index >= 15 is 0 Å². The fourth-order valence-electron chi connectivity index (χ4n) is 4.65. The van der Waals surface area contributed by atoms with Crippen LogP contribution >= 0.6 is 0 Å². The standard InChI is InChI=1S/C24H28F3N3O2/c1-18-16-30(22(31)19-6-3-2-4-7-19)17-23(32-18)11-14-29(15-12-23)13-10-20-8-5-9-21(28-20)24(25,26)27/h2-9,18H,10-17H2,1H3. The molecule has 1 aromatic carbocycles. The molecule has 2 saturated heterocycles. The minimum atomic E-state index is -4.43. The van der Waals surface area contributed by atoms with E-state index < -0.39 is 11.9 Å². The number of hydrogen-bond acceptors (Lipinski definition) is 4. The van der Waals surface area contributed by atoms with Crippen molar-refractivity contribution >= 4 is 5.91 Å². The SMILES string of the molecule is CC1CN(C(=O)c2ccccc2)CC2(CCN(CCc3cccc(C(F)(F)F)n3)CC2)O1. The van der Waals surface area contributed by atoms with Gasteiger partial charge in [0, 0.05) is 43.9 Å². The van der Waals surface area contributed by atoms with Gasteiger partial charge in [-0.2, -0.15) is 13.2 Å². The Morgan fingerprint density at radius 3 is 2.53 bits per heavy atom. The number of nitrogens with zero attached hydrogens (tertiary/aromatic N) is 3. The van der Waals surface area contributed by atoms with Crippen LogP contribution in [0.15, 0.2) is 48.5 Å². The molecule has 0 aliphatic carbocycles. The predicted octanol–water partition coefficient (Wildman–Crippen LogP) is 4.04. The first kappa shape index (κ1) is 22.7. The zero-order valence-corrected chi connectivity index (χ0v) is 18.1. The van der Waals surface area contributed by atoms with E-state index in [4.69, 9.17) is 4.74 Å². The highest BCUT2D eigenvalue weighted by Gasteiger charge is 2.43. The molecule has 3 heterocycles. The summed E-state index contributed by atoms with van der Waals surface area (Å²) in [6, 6.07) is 13.3. The van der Waals surface area contributed by atoms with Gasteiger partial charge in [0.2, 0.25) is 0 Å². The summed E-state index contributed by atoms with van der Waals surface area (Å²) in [6.07, 6.45) is -2.44. The van der Waals surface area contributed by atoms with Gasteiger partial charge in [-0.3, -0.25) is 4.79 Å². The van der Waals surface area contributed by atoms with Crippen molar-refractivity contribution in [3.63, 3.8) is 0 Å². The van der Waals surface area contributed by atoms with E-state index in [2.05, 4.69) is 9.88 Å². The van der Waals surface area contributed by atoms with Gasteiger partial charge in [0.15, 0.2) is 0 Å². The Hall–Kier alpha value is -2.45. The zero-order valence-electron chi connectivity index (χ0n) is 18.1. The molecule has 1 atom stereocenters. The van der Waals surface area contributed by atoms with Crippen LogP contribution in [0.5, 0.6) is 0 Å². The summed E-state index contributed by atoms with van der Waals surface area (Å²) >= 11 is 0. The van der Waals surface area contributed by atoms with Crippen molar-refractivity contribution in [1.82, 2.24) is 14.8 Å². The first-order chi connectivity index (χ1) is 15.2. The highest BCUT2D eigenvalue weighted by Crippen LogP contribution is 2.33. The Kier molecular flexibility index (Phi) is 6.53. The highest BCUT2D eigenvalue weighted by molar-refractivity contribution is 5.94. The highest BCUT2D eigenvalue weighted by atomic mass is 19.4. The maximum Gasteiger partial charge on any atom is 0.433 e. The number of amides is 1. The summed E-state index contributed by atoms with van der Waals surface area (Å²) in [5.41, 5.74) is -0.0852. The lowest BCUT2D eigenvalue weighted by Crippen LogP contribution is -2.60. The van der Waals surface area contributed by atoms with Crippen molar-refractivity contribution in [3.05, 3.63) is 65.5 Å². The molecular formula is C24H28F3N3O2. The second kappa shape index (κ2) is 9.19. The third-order valence-corrected chi connectivity index (χ3v) is 6.26. The molecule has 0 bridgehead atoms. The average Bonchev–Trinajstić information content (AvgIpc) is 2.78. The number of rotatable bonds is 4. The second-order valence-electron chi connectivity index (χ2n) is 8.77. The van der Waals surface area contributed by atoms with Crippen LogP contribution in [0.1, 0.15) is 41.5 Å². The summed E-state index contributed by atoms with van der Waals surface area (Å²) in [4.78, 5) is 20.9. The quantitative estimate of drug-likeness (QED) is 0.710. The first-order valence-electron chi connectivity index (χ1n) is 11.0. The number of likely N-dealkylation sites (tertiary alicyclic amines) is 1. The Balaban J connectivity index is 1.33. The minimum absolute atomic E-state index is 0.0261. The van der Waals surface area contributed by atoms with Crippen molar-refractivity contribution in [2.75, 3.05) is 32.7 Å². The van der Waals surface area contributed by atoms with Crippen LogP contribution in [-0.4, -0.2) is 65.1 Å². The Morgan fingerprint density at radius 2 is 1.84 bits per heavy atom. The summed E-state index contributed by atoms with van der Waals surface area (Å²) in [6.45, 7) is 5.33. The maximum absolute atomic E-state index is 13.0. The molecular weight excluding hydrogens is 419 g/mol. The molecule has 172 valence electrons. The second-order valence-corrected chi connectivity index (χ2v) is 8.77. The monoisotopic (exact) mass is 447 g/mol. The van der Waals surface area contributed by atoms with Crippen LogP contribution in [0.3, 0.4) is 0 Å². The number of benzene rings is 1. The van der Waals surface area contributed by atoms with Gasteiger partial charge in [-0.1, -0.05) is 24.3 Å². The fourth-order valence-corrected chi connectivity index (χ4v) is 4.65. The molecule has 0 saturated carbocycles. The molecule has 2 aliphatic rings. The van der Waals surface area contributed by atoms with Crippen molar-refractivity contribution in [1.29, 1.82) is 0 Å². The molecule has 5 nitrogen and oxygen atoms in total. The van der Waals surface area contributed by atoms with E-state index in [1.807, 2.05) is 42.2 Å². The number of morpholine rings is 1. The number of pyridine rings is 1. The number of alkyl halides is 3. The average molecular weight is 448 g/mol. The molecule has 2 aromatic rings. The normalized spacial score (nSPS) is 21.6. The van der Waals surface area contributed by atoms with Gasteiger partial charge in [0.1, 0.15) is 5.69 Å². The van der Waals surface area contributed by atoms with Crippen molar-refractivity contribution in [2.45, 2.75) is 44.1 Å². The summed E-state index contributed by atoms with van der Waals surface area (Å²) < 4.78 is 45.0. The van der Waals surface area contributed by atoms with Crippen LogP contribution in [0.4, 0.5) is 13.2 Å². The molecule has 0 N–H and O–H groups in total. The molecule has 0 radical (unpaired) electrons. The van der Waals surface area contributed by atoms with E-state index in [1.54, 1.807) is 6.07 Å². The lowest BCUT2D eigenvalue weighted by atomic mass is 9.88. The molecule has 1 aromatic heterocycles.